The van der Waals surface area contributed by atoms with E-state index < -0.39 is 6.29 Å². The van der Waals surface area contributed by atoms with Crippen LogP contribution in [0.3, 0.4) is 0 Å². The summed E-state index contributed by atoms with van der Waals surface area (Å²) >= 11 is 7.17. The molecule has 0 aliphatic carbocycles. The molecule has 10 heteroatoms. The molecule has 0 amide bonds. The lowest BCUT2D eigenvalue weighted by Crippen LogP contribution is -2.64. The molecule has 1 fully saturated rings. The highest BCUT2D eigenvalue weighted by Crippen LogP contribution is 2.24. The van der Waals surface area contributed by atoms with E-state index in [1.165, 1.54) is 16.2 Å². The van der Waals surface area contributed by atoms with E-state index in [-0.39, 0.29) is 17.6 Å². The van der Waals surface area contributed by atoms with Crippen LogP contribution in [0, 0.1) is 15.5 Å². The number of hydrogen-bond acceptors (Lipinski definition) is 6. The number of nitrogens with one attached hydrogen (secondary N) is 1. The summed E-state index contributed by atoms with van der Waals surface area (Å²) in [5, 5.41) is 19.8. The van der Waals surface area contributed by atoms with E-state index in [1.807, 2.05) is 30.3 Å². The zero-order valence-electron chi connectivity index (χ0n) is 13.5. The van der Waals surface area contributed by atoms with E-state index in [2.05, 4.69) is 4.98 Å². The highest BCUT2D eigenvalue weighted by molar-refractivity contribution is 7.15. The Bertz CT molecular complexity index is 770. The number of aromatic nitrogens is 1. The summed E-state index contributed by atoms with van der Waals surface area (Å²) in [5.74, 6) is 0.129. The molecular weight excluding hydrogens is 364 g/mol. The largest absolute Gasteiger partial charge is 0.352 e. The van der Waals surface area contributed by atoms with E-state index in [1.54, 1.807) is 23.0 Å². The van der Waals surface area contributed by atoms with Crippen molar-refractivity contribution in [2.24, 2.45) is 0 Å². The van der Waals surface area contributed by atoms with Crippen molar-refractivity contribution in [1.29, 1.82) is 5.41 Å². The predicted octanol–water partition coefficient (Wildman–Crippen LogP) is 2.50. The predicted molar refractivity (Wildman–Crippen MR) is 95.8 cm³/mol. The molecule has 0 saturated carbocycles. The van der Waals surface area contributed by atoms with Crippen LogP contribution in [0.25, 0.3) is 0 Å². The Labute approximate surface area is 153 Å². The first-order chi connectivity index (χ1) is 12.0. The van der Waals surface area contributed by atoms with Crippen LogP contribution in [0.5, 0.6) is 0 Å². The molecule has 3 rings (SSSR count). The topological polar surface area (TPSA) is 89.6 Å². The average Bonchev–Trinajstić information content (AvgIpc) is 2.98. The molecule has 0 radical (unpaired) electrons. The van der Waals surface area contributed by atoms with Gasteiger partial charge in [-0.25, -0.2) is 4.98 Å². The van der Waals surface area contributed by atoms with Crippen molar-refractivity contribution < 1.29 is 4.92 Å². The summed E-state index contributed by atoms with van der Waals surface area (Å²) in [6.45, 7) is 1.13. The van der Waals surface area contributed by atoms with Crippen molar-refractivity contribution >= 4 is 28.9 Å². The normalized spacial score (nSPS) is 18.6. The third-order valence-electron chi connectivity index (χ3n) is 3.95. The molecule has 1 aliphatic heterocycles. The van der Waals surface area contributed by atoms with Crippen LogP contribution >= 0.6 is 22.9 Å². The van der Waals surface area contributed by atoms with Crippen molar-refractivity contribution in [3.05, 3.63) is 61.6 Å². The first-order valence-electron chi connectivity index (χ1n) is 7.53. The molecule has 1 atom stereocenters. The van der Waals surface area contributed by atoms with Crippen LogP contribution in [0.1, 0.15) is 10.4 Å². The average molecular weight is 381 g/mol. The third kappa shape index (κ3) is 3.89. The molecule has 1 aromatic carbocycles. The van der Waals surface area contributed by atoms with Crippen molar-refractivity contribution in [1.82, 2.24) is 19.7 Å². The summed E-state index contributed by atoms with van der Waals surface area (Å²) in [7, 11) is 1.57. The zero-order chi connectivity index (χ0) is 18.0. The molecule has 1 saturated heterocycles. The van der Waals surface area contributed by atoms with Gasteiger partial charge in [0.15, 0.2) is 4.47 Å². The number of nitro groups is 1. The molecule has 1 N–H and O–H groups in total. The van der Waals surface area contributed by atoms with Gasteiger partial charge >= 0.3 is 6.29 Å². The number of guanidine groups is 1. The molecule has 25 heavy (non-hydrogen) atoms. The first-order valence-corrected chi connectivity index (χ1v) is 8.73. The molecule has 1 aromatic heterocycles. The van der Waals surface area contributed by atoms with E-state index in [9.17, 15) is 10.1 Å². The highest BCUT2D eigenvalue weighted by Gasteiger charge is 2.42. The second kappa shape index (κ2) is 7.34. The fourth-order valence-corrected chi connectivity index (χ4v) is 3.83. The minimum atomic E-state index is -1.10. The summed E-state index contributed by atoms with van der Waals surface area (Å²) in [6, 6.07) is 9.74. The molecule has 8 nitrogen and oxygen atoms in total. The highest BCUT2D eigenvalue weighted by atomic mass is 35.5. The minimum Gasteiger partial charge on any atom is -0.325 e. The van der Waals surface area contributed by atoms with E-state index >= 15 is 0 Å². The quantitative estimate of drug-likeness (QED) is 0.633. The maximum atomic E-state index is 11.5. The SMILES string of the molecule is CN1C(=N)N(Cc2ccccc2)CN(Cc2cnc(Cl)s2)C1[N+](=O)[O-]. The van der Waals surface area contributed by atoms with Gasteiger partial charge in [0.25, 0.3) is 0 Å². The van der Waals surface area contributed by atoms with Crippen molar-refractivity contribution in [2.75, 3.05) is 13.7 Å². The number of nitrogens with zero attached hydrogens (tertiary/aromatic N) is 5. The maximum absolute atomic E-state index is 11.5. The van der Waals surface area contributed by atoms with Gasteiger partial charge in [0, 0.05) is 31.2 Å². The molecular formula is C15H17ClN6O2S. The number of rotatable bonds is 5. The molecule has 1 aliphatic rings. The van der Waals surface area contributed by atoms with E-state index in [4.69, 9.17) is 17.0 Å². The lowest BCUT2D eigenvalue weighted by atomic mass is 10.2. The first kappa shape index (κ1) is 17.6. The van der Waals surface area contributed by atoms with Gasteiger partial charge in [-0.2, -0.15) is 4.90 Å². The fourth-order valence-electron chi connectivity index (χ4n) is 2.83. The smallest absolute Gasteiger partial charge is 0.325 e. The molecule has 1 unspecified atom stereocenters. The van der Waals surface area contributed by atoms with Crippen LogP contribution in [0.15, 0.2) is 36.5 Å². The van der Waals surface area contributed by atoms with Crippen LogP contribution in [0.4, 0.5) is 0 Å². The molecule has 2 heterocycles. The van der Waals surface area contributed by atoms with Gasteiger partial charge in [0.2, 0.25) is 5.96 Å². The van der Waals surface area contributed by atoms with E-state index in [0.717, 1.165) is 10.4 Å². The van der Waals surface area contributed by atoms with E-state index in [0.29, 0.717) is 17.6 Å². The van der Waals surface area contributed by atoms with Crippen LogP contribution in [-0.4, -0.2) is 50.6 Å². The number of thiazole rings is 1. The Kier molecular flexibility index (Phi) is 5.16. The Balaban J connectivity index is 1.82. The van der Waals surface area contributed by atoms with Gasteiger partial charge < -0.3 is 4.90 Å². The number of halogens is 1. The van der Waals surface area contributed by atoms with Crippen LogP contribution < -0.4 is 0 Å². The minimum absolute atomic E-state index is 0.129. The van der Waals surface area contributed by atoms with Gasteiger partial charge in [0.05, 0.1) is 11.6 Å². The van der Waals surface area contributed by atoms with Crippen LogP contribution in [-0.2, 0) is 13.1 Å². The molecule has 0 bridgehead atoms. The van der Waals surface area contributed by atoms with Gasteiger partial charge in [-0.1, -0.05) is 41.9 Å². The summed E-state index contributed by atoms with van der Waals surface area (Å²) < 4.78 is 0.409. The summed E-state index contributed by atoms with van der Waals surface area (Å²) in [4.78, 5) is 20.9. The number of hydrogen-bond donors (Lipinski definition) is 1. The Morgan fingerprint density at radius 2 is 2.12 bits per heavy atom. The Morgan fingerprint density at radius 3 is 2.72 bits per heavy atom. The Hall–Kier alpha value is -2.23. The lowest BCUT2D eigenvalue weighted by Gasteiger charge is -2.43. The molecule has 2 aromatic rings. The second-order valence-electron chi connectivity index (χ2n) is 5.72. The van der Waals surface area contributed by atoms with Gasteiger partial charge in [0.1, 0.15) is 0 Å². The standard InChI is InChI=1S/C15H17ClN6O2S/c1-19-14(17)20(8-11-5-3-2-4-6-11)10-21(15(19)22(23)24)9-12-7-18-13(16)25-12/h2-7,15,17H,8-10H2,1H3. The van der Waals surface area contributed by atoms with Crippen LogP contribution in [0.2, 0.25) is 4.47 Å². The summed E-state index contributed by atoms with van der Waals surface area (Å²) in [6.07, 6.45) is 0.534. The van der Waals surface area contributed by atoms with Gasteiger partial charge in [-0.3, -0.25) is 20.4 Å². The van der Waals surface area contributed by atoms with Crippen molar-refractivity contribution in [3.8, 4) is 0 Å². The van der Waals surface area contributed by atoms with Crippen molar-refractivity contribution in [3.63, 3.8) is 0 Å². The zero-order valence-corrected chi connectivity index (χ0v) is 15.1. The second-order valence-corrected chi connectivity index (χ2v) is 7.41. The van der Waals surface area contributed by atoms with Gasteiger partial charge in [-0.05, 0) is 5.56 Å². The molecule has 132 valence electrons. The summed E-state index contributed by atoms with van der Waals surface area (Å²) in [5.41, 5.74) is 1.04. The fraction of sp³-hybridized carbons (Fsp3) is 0.333. The Morgan fingerprint density at radius 1 is 1.40 bits per heavy atom. The maximum Gasteiger partial charge on any atom is 0.352 e. The lowest BCUT2D eigenvalue weighted by molar-refractivity contribution is -0.578. The monoisotopic (exact) mass is 380 g/mol. The number of benzene rings is 1. The van der Waals surface area contributed by atoms with Crippen molar-refractivity contribution in [2.45, 2.75) is 19.4 Å². The van der Waals surface area contributed by atoms with Gasteiger partial charge in [-0.15, -0.1) is 11.3 Å². The third-order valence-corrected chi connectivity index (χ3v) is 5.05. The molecule has 0 spiro atoms.